The summed E-state index contributed by atoms with van der Waals surface area (Å²) >= 11 is 0. The molecule has 4 N–H and O–H groups in total. The zero-order chi connectivity index (χ0) is 10.2. The summed E-state index contributed by atoms with van der Waals surface area (Å²) in [5, 5.41) is 12.4. The SMILES string of the molecule is NCCCCNCc1ccc(O)cc1. The van der Waals surface area contributed by atoms with Gasteiger partial charge in [-0.2, -0.15) is 0 Å². The minimum Gasteiger partial charge on any atom is -0.508 e. The van der Waals surface area contributed by atoms with Crippen LogP contribution in [0.3, 0.4) is 0 Å². The van der Waals surface area contributed by atoms with Crippen LogP contribution < -0.4 is 11.1 Å². The summed E-state index contributed by atoms with van der Waals surface area (Å²) in [6, 6.07) is 7.25. The lowest BCUT2D eigenvalue weighted by atomic mass is 10.2. The number of hydrogen-bond acceptors (Lipinski definition) is 3. The van der Waals surface area contributed by atoms with Crippen molar-refractivity contribution < 1.29 is 5.11 Å². The molecule has 1 rings (SSSR count). The van der Waals surface area contributed by atoms with Crippen LogP contribution in [0, 0.1) is 0 Å². The molecule has 0 aliphatic carbocycles. The van der Waals surface area contributed by atoms with Gasteiger partial charge in [0.15, 0.2) is 0 Å². The maximum absolute atomic E-state index is 9.06. The Kier molecular flexibility index (Phi) is 5.04. The zero-order valence-corrected chi connectivity index (χ0v) is 8.37. The van der Waals surface area contributed by atoms with Gasteiger partial charge in [-0.1, -0.05) is 12.1 Å². The first-order valence-corrected chi connectivity index (χ1v) is 5.01. The highest BCUT2D eigenvalue weighted by Gasteiger charge is 1.92. The molecule has 0 aromatic heterocycles. The third-order valence-corrected chi connectivity index (χ3v) is 2.07. The average molecular weight is 194 g/mol. The topological polar surface area (TPSA) is 58.3 Å². The van der Waals surface area contributed by atoms with Crippen molar-refractivity contribution in [1.82, 2.24) is 5.32 Å². The van der Waals surface area contributed by atoms with Crippen LogP contribution in [-0.4, -0.2) is 18.2 Å². The van der Waals surface area contributed by atoms with Crippen LogP contribution in [0.15, 0.2) is 24.3 Å². The normalized spacial score (nSPS) is 10.4. The highest BCUT2D eigenvalue weighted by Crippen LogP contribution is 2.08. The van der Waals surface area contributed by atoms with Gasteiger partial charge in [-0.25, -0.2) is 0 Å². The number of rotatable bonds is 6. The summed E-state index contributed by atoms with van der Waals surface area (Å²) in [5.41, 5.74) is 6.57. The second kappa shape index (κ2) is 6.40. The first-order chi connectivity index (χ1) is 6.83. The fourth-order valence-electron chi connectivity index (χ4n) is 1.24. The largest absolute Gasteiger partial charge is 0.508 e. The first kappa shape index (κ1) is 11.0. The number of unbranched alkanes of at least 4 members (excludes halogenated alkanes) is 1. The van der Waals surface area contributed by atoms with Crippen molar-refractivity contribution in [2.75, 3.05) is 13.1 Å². The Hall–Kier alpha value is -1.06. The van der Waals surface area contributed by atoms with Crippen molar-refractivity contribution >= 4 is 0 Å². The van der Waals surface area contributed by atoms with E-state index in [4.69, 9.17) is 10.8 Å². The Morgan fingerprint density at radius 2 is 1.86 bits per heavy atom. The highest BCUT2D eigenvalue weighted by atomic mass is 16.3. The number of hydrogen-bond donors (Lipinski definition) is 3. The van der Waals surface area contributed by atoms with Gasteiger partial charge in [0.25, 0.3) is 0 Å². The molecular weight excluding hydrogens is 176 g/mol. The summed E-state index contributed by atoms with van der Waals surface area (Å²) in [4.78, 5) is 0. The highest BCUT2D eigenvalue weighted by molar-refractivity contribution is 5.25. The Bertz CT molecular complexity index is 246. The number of aromatic hydroxyl groups is 1. The molecule has 0 atom stereocenters. The standard InChI is InChI=1S/C11H18N2O/c12-7-1-2-8-13-9-10-3-5-11(14)6-4-10/h3-6,13-14H,1-2,7-9,12H2. The molecule has 0 aliphatic rings. The predicted octanol–water partition coefficient (Wildman–Crippen LogP) is 1.22. The number of nitrogens with one attached hydrogen (secondary N) is 1. The summed E-state index contributed by atoms with van der Waals surface area (Å²) in [5.74, 6) is 0.317. The van der Waals surface area contributed by atoms with Crippen molar-refractivity contribution in [2.24, 2.45) is 5.73 Å². The number of benzene rings is 1. The summed E-state index contributed by atoms with van der Waals surface area (Å²) in [6.07, 6.45) is 2.19. The molecule has 0 bridgehead atoms. The maximum Gasteiger partial charge on any atom is 0.115 e. The number of phenolic OH excluding ortho intramolecular Hbond substituents is 1. The molecular formula is C11H18N2O. The van der Waals surface area contributed by atoms with Gasteiger partial charge in [0.2, 0.25) is 0 Å². The van der Waals surface area contributed by atoms with E-state index in [9.17, 15) is 0 Å². The molecule has 0 saturated heterocycles. The third kappa shape index (κ3) is 4.25. The van der Waals surface area contributed by atoms with Crippen LogP contribution in [0.2, 0.25) is 0 Å². The van der Waals surface area contributed by atoms with Gasteiger partial charge in [0.1, 0.15) is 5.75 Å². The van der Waals surface area contributed by atoms with Crippen molar-refractivity contribution in [3.63, 3.8) is 0 Å². The van der Waals surface area contributed by atoms with Gasteiger partial charge >= 0.3 is 0 Å². The Morgan fingerprint density at radius 3 is 2.50 bits per heavy atom. The van der Waals surface area contributed by atoms with E-state index in [1.54, 1.807) is 12.1 Å². The van der Waals surface area contributed by atoms with Gasteiger partial charge in [-0.05, 0) is 43.6 Å². The van der Waals surface area contributed by atoms with E-state index in [1.807, 2.05) is 12.1 Å². The van der Waals surface area contributed by atoms with Crippen LogP contribution in [0.5, 0.6) is 5.75 Å². The maximum atomic E-state index is 9.06. The monoisotopic (exact) mass is 194 g/mol. The molecule has 1 aromatic carbocycles. The minimum atomic E-state index is 0.317. The van der Waals surface area contributed by atoms with E-state index in [1.165, 1.54) is 5.56 Å². The average Bonchev–Trinajstić information content (AvgIpc) is 2.21. The Morgan fingerprint density at radius 1 is 1.14 bits per heavy atom. The van der Waals surface area contributed by atoms with Crippen LogP contribution in [0.4, 0.5) is 0 Å². The zero-order valence-electron chi connectivity index (χ0n) is 8.37. The molecule has 0 unspecified atom stereocenters. The van der Waals surface area contributed by atoms with Gasteiger partial charge in [0, 0.05) is 6.54 Å². The van der Waals surface area contributed by atoms with Crippen molar-refractivity contribution in [3.8, 4) is 5.75 Å². The molecule has 0 radical (unpaired) electrons. The molecule has 3 heteroatoms. The lowest BCUT2D eigenvalue weighted by Gasteiger charge is -2.04. The van der Waals surface area contributed by atoms with Crippen LogP contribution in [0.1, 0.15) is 18.4 Å². The van der Waals surface area contributed by atoms with Gasteiger partial charge in [0.05, 0.1) is 0 Å². The molecule has 0 amide bonds. The predicted molar refractivity (Wildman–Crippen MR) is 58.1 cm³/mol. The molecule has 3 nitrogen and oxygen atoms in total. The summed E-state index contributed by atoms with van der Waals surface area (Å²) in [6.45, 7) is 2.61. The third-order valence-electron chi connectivity index (χ3n) is 2.07. The quantitative estimate of drug-likeness (QED) is 0.597. The molecule has 14 heavy (non-hydrogen) atoms. The van der Waals surface area contributed by atoms with E-state index in [2.05, 4.69) is 5.32 Å². The molecule has 0 saturated carbocycles. The Labute approximate surface area is 84.9 Å². The molecule has 78 valence electrons. The van der Waals surface area contributed by atoms with Gasteiger partial charge in [-0.15, -0.1) is 0 Å². The van der Waals surface area contributed by atoms with Gasteiger partial charge in [-0.3, -0.25) is 0 Å². The van der Waals surface area contributed by atoms with E-state index in [0.717, 1.165) is 32.5 Å². The van der Waals surface area contributed by atoms with E-state index >= 15 is 0 Å². The second-order valence-electron chi connectivity index (χ2n) is 3.34. The van der Waals surface area contributed by atoms with Crippen LogP contribution in [0.25, 0.3) is 0 Å². The van der Waals surface area contributed by atoms with Crippen molar-refractivity contribution in [2.45, 2.75) is 19.4 Å². The van der Waals surface area contributed by atoms with E-state index in [-0.39, 0.29) is 0 Å². The second-order valence-corrected chi connectivity index (χ2v) is 3.34. The number of nitrogens with two attached hydrogens (primary N) is 1. The number of phenols is 1. The Balaban J connectivity index is 2.15. The molecule has 0 fully saturated rings. The molecule has 1 aromatic rings. The lowest BCUT2D eigenvalue weighted by Crippen LogP contribution is -2.15. The van der Waals surface area contributed by atoms with Gasteiger partial charge < -0.3 is 16.2 Å². The summed E-state index contributed by atoms with van der Waals surface area (Å²) in [7, 11) is 0. The fourth-order valence-corrected chi connectivity index (χ4v) is 1.24. The van der Waals surface area contributed by atoms with Crippen LogP contribution >= 0.6 is 0 Å². The summed E-state index contributed by atoms with van der Waals surface area (Å²) < 4.78 is 0. The van der Waals surface area contributed by atoms with E-state index in [0.29, 0.717) is 5.75 Å². The first-order valence-electron chi connectivity index (χ1n) is 5.01. The molecule has 0 spiro atoms. The lowest BCUT2D eigenvalue weighted by molar-refractivity contribution is 0.475. The molecule has 0 aliphatic heterocycles. The molecule has 0 heterocycles. The van der Waals surface area contributed by atoms with Crippen LogP contribution in [-0.2, 0) is 6.54 Å². The smallest absolute Gasteiger partial charge is 0.115 e. The van der Waals surface area contributed by atoms with Crippen molar-refractivity contribution in [1.29, 1.82) is 0 Å². The minimum absolute atomic E-state index is 0.317. The van der Waals surface area contributed by atoms with Crippen molar-refractivity contribution in [3.05, 3.63) is 29.8 Å². The van der Waals surface area contributed by atoms with E-state index < -0.39 is 0 Å². The fraction of sp³-hybridized carbons (Fsp3) is 0.455.